The molecule has 0 saturated heterocycles. The van der Waals surface area contributed by atoms with Crippen molar-refractivity contribution in [2.24, 2.45) is 5.73 Å². The number of carbonyl (C=O) groups is 7. The van der Waals surface area contributed by atoms with Crippen LogP contribution >= 0.6 is 0 Å². The average Bonchev–Trinajstić information content (AvgIpc) is 2.93. The van der Waals surface area contributed by atoms with Crippen LogP contribution in [0.2, 0.25) is 0 Å². The van der Waals surface area contributed by atoms with Crippen LogP contribution in [-0.2, 0) is 40.0 Å². The van der Waals surface area contributed by atoms with E-state index < -0.39 is 96.4 Å². The van der Waals surface area contributed by atoms with Crippen molar-refractivity contribution in [3.8, 4) is 0 Å². The summed E-state index contributed by atoms with van der Waals surface area (Å²) in [5, 5.41) is 49.2. The molecule has 17 heteroatoms. The number of carboxylic acid groups (broad SMARTS) is 2. The third-order valence-corrected chi connectivity index (χ3v) is 6.26. The largest absolute Gasteiger partial charge is 0.481 e. The molecule has 0 radical (unpaired) electrons. The molecule has 0 aliphatic carbocycles. The van der Waals surface area contributed by atoms with Gasteiger partial charge in [0.05, 0.1) is 24.7 Å². The van der Waals surface area contributed by atoms with Crippen LogP contribution in [0.4, 0.5) is 0 Å². The number of carbonyl (C=O) groups excluding carboxylic acids is 5. The number of benzene rings is 1. The Kier molecular flexibility index (Phi) is 14.9. The molecule has 0 aliphatic rings. The molecular weight excluding hydrogens is 584 g/mol. The minimum Gasteiger partial charge on any atom is -0.481 e. The molecule has 0 aromatic heterocycles. The van der Waals surface area contributed by atoms with E-state index in [1.165, 1.54) is 27.7 Å². The standard InChI is InChI=1S/C27H40N6O11/c1-12(30-26(42)20(14(3)34)32-24(40)17(28)11-19(36)37)22(38)29-13(2)23(39)31-18(10-16-8-6-5-7-9-16)25(41)33-21(15(4)35)27(43)44/h5-9,12-15,17-18,20-21,34-35H,10-11,28H2,1-4H3,(H,29,38)(H,30,42)(H,31,39)(H,32,40)(H,33,41)(H,36,37)(H,43,44)/t12-,13-,14+,15+,17-,18-,20-,21-/m0/s1. The van der Waals surface area contributed by atoms with Gasteiger partial charge in [-0.1, -0.05) is 30.3 Å². The summed E-state index contributed by atoms with van der Waals surface area (Å²) in [5.41, 5.74) is 6.09. The van der Waals surface area contributed by atoms with Crippen LogP contribution in [0, 0.1) is 0 Å². The quantitative estimate of drug-likeness (QED) is 0.0803. The van der Waals surface area contributed by atoms with E-state index in [-0.39, 0.29) is 6.42 Å². The van der Waals surface area contributed by atoms with Crippen LogP contribution in [0.1, 0.15) is 39.7 Å². The van der Waals surface area contributed by atoms with E-state index in [2.05, 4.69) is 26.6 Å². The van der Waals surface area contributed by atoms with Gasteiger partial charge in [0, 0.05) is 6.42 Å². The number of carboxylic acids is 2. The molecule has 244 valence electrons. The zero-order chi connectivity index (χ0) is 33.7. The topological polar surface area (TPSA) is 287 Å². The fraction of sp³-hybridized carbons (Fsp3) is 0.519. The normalized spacial score (nSPS) is 16.3. The SMILES string of the molecule is C[C@H](NC(=O)[C@H](C)NC(=O)[C@@H](NC(=O)[C@@H](N)CC(=O)O)[C@@H](C)O)C(=O)N[C@@H](Cc1ccccc1)C(=O)N[C@H](C(=O)O)[C@@H](C)O. The molecule has 8 atom stereocenters. The van der Waals surface area contributed by atoms with Gasteiger partial charge in [-0.25, -0.2) is 4.79 Å². The zero-order valence-corrected chi connectivity index (χ0v) is 24.6. The molecule has 17 nitrogen and oxygen atoms in total. The number of aliphatic hydroxyl groups is 2. The van der Waals surface area contributed by atoms with Crippen LogP contribution < -0.4 is 32.3 Å². The van der Waals surface area contributed by atoms with Crippen LogP contribution in [0.15, 0.2) is 30.3 Å². The van der Waals surface area contributed by atoms with Gasteiger partial charge in [0.1, 0.15) is 24.2 Å². The van der Waals surface area contributed by atoms with Crippen molar-refractivity contribution in [1.82, 2.24) is 26.6 Å². The fourth-order valence-corrected chi connectivity index (χ4v) is 3.72. The molecule has 0 aliphatic heterocycles. The average molecular weight is 625 g/mol. The van der Waals surface area contributed by atoms with Crippen LogP contribution in [-0.4, -0.2) is 110 Å². The van der Waals surface area contributed by atoms with Gasteiger partial charge in [0.15, 0.2) is 6.04 Å². The van der Waals surface area contributed by atoms with E-state index in [1.54, 1.807) is 30.3 Å². The number of nitrogens with one attached hydrogen (secondary N) is 5. The molecule has 1 aromatic carbocycles. The first kappa shape index (κ1) is 37.4. The summed E-state index contributed by atoms with van der Waals surface area (Å²) in [6.07, 6.45) is -3.69. The van der Waals surface area contributed by atoms with Gasteiger partial charge >= 0.3 is 11.9 Å². The maximum atomic E-state index is 12.9. The molecule has 0 bridgehead atoms. The maximum absolute atomic E-state index is 12.9. The zero-order valence-electron chi connectivity index (χ0n) is 24.6. The number of rotatable bonds is 17. The monoisotopic (exact) mass is 624 g/mol. The molecule has 0 saturated carbocycles. The second kappa shape index (κ2) is 17.5. The molecule has 0 fully saturated rings. The van der Waals surface area contributed by atoms with Crippen molar-refractivity contribution in [2.75, 3.05) is 0 Å². The highest BCUT2D eigenvalue weighted by Crippen LogP contribution is 2.06. The lowest BCUT2D eigenvalue weighted by molar-refractivity contribution is -0.145. The van der Waals surface area contributed by atoms with Crippen LogP contribution in [0.5, 0.6) is 0 Å². The minimum atomic E-state index is -1.65. The van der Waals surface area contributed by atoms with Gasteiger partial charge in [-0.05, 0) is 33.3 Å². The van der Waals surface area contributed by atoms with E-state index >= 15 is 0 Å². The third-order valence-electron chi connectivity index (χ3n) is 6.26. The molecule has 1 aromatic rings. The Balaban J connectivity index is 2.91. The Labute approximate surface area is 252 Å². The summed E-state index contributed by atoms with van der Waals surface area (Å²) in [6, 6.07) is -0.140. The summed E-state index contributed by atoms with van der Waals surface area (Å²) in [7, 11) is 0. The lowest BCUT2D eigenvalue weighted by Gasteiger charge is -2.26. The lowest BCUT2D eigenvalue weighted by Crippen LogP contribution is -2.60. The number of nitrogens with two attached hydrogens (primary N) is 1. The summed E-state index contributed by atoms with van der Waals surface area (Å²) in [5.74, 6) is -7.46. The highest BCUT2D eigenvalue weighted by molar-refractivity contribution is 5.96. The van der Waals surface area contributed by atoms with Gasteiger partial charge in [0.25, 0.3) is 0 Å². The van der Waals surface area contributed by atoms with Gasteiger partial charge in [-0.15, -0.1) is 0 Å². The van der Waals surface area contributed by atoms with Crippen molar-refractivity contribution in [1.29, 1.82) is 0 Å². The van der Waals surface area contributed by atoms with E-state index in [0.29, 0.717) is 5.56 Å². The molecule has 1 rings (SSSR count). The Bertz CT molecular complexity index is 1190. The fourth-order valence-electron chi connectivity index (χ4n) is 3.72. The van der Waals surface area contributed by atoms with Crippen LogP contribution in [0.25, 0.3) is 0 Å². The number of amides is 5. The van der Waals surface area contributed by atoms with Gasteiger partial charge in [-0.2, -0.15) is 0 Å². The second-order valence-corrected chi connectivity index (χ2v) is 10.2. The Hall–Kier alpha value is -4.61. The van der Waals surface area contributed by atoms with Crippen molar-refractivity contribution < 1.29 is 54.0 Å². The highest BCUT2D eigenvalue weighted by Gasteiger charge is 2.33. The molecule has 0 unspecified atom stereocenters. The smallest absolute Gasteiger partial charge is 0.328 e. The molecule has 0 heterocycles. The summed E-state index contributed by atoms with van der Waals surface area (Å²) >= 11 is 0. The van der Waals surface area contributed by atoms with Crippen molar-refractivity contribution in [3.05, 3.63) is 35.9 Å². The van der Waals surface area contributed by atoms with Crippen molar-refractivity contribution in [2.45, 2.75) is 89.0 Å². The Morgan fingerprint density at radius 3 is 1.61 bits per heavy atom. The third kappa shape index (κ3) is 12.3. The molecule has 5 amide bonds. The molecule has 44 heavy (non-hydrogen) atoms. The summed E-state index contributed by atoms with van der Waals surface area (Å²) in [6.45, 7) is 4.89. The molecular formula is C27H40N6O11. The number of aliphatic hydroxyl groups excluding tert-OH is 2. The summed E-state index contributed by atoms with van der Waals surface area (Å²) in [4.78, 5) is 85.7. The van der Waals surface area contributed by atoms with Crippen LogP contribution in [0.3, 0.4) is 0 Å². The number of hydrogen-bond donors (Lipinski definition) is 10. The van der Waals surface area contributed by atoms with E-state index in [1.807, 2.05) is 0 Å². The van der Waals surface area contributed by atoms with Gasteiger partial charge in [-0.3, -0.25) is 28.8 Å². The number of hydrogen-bond acceptors (Lipinski definition) is 10. The predicted molar refractivity (Wildman–Crippen MR) is 152 cm³/mol. The van der Waals surface area contributed by atoms with E-state index in [0.717, 1.165) is 0 Å². The van der Waals surface area contributed by atoms with E-state index in [9.17, 15) is 48.9 Å². The highest BCUT2D eigenvalue weighted by atomic mass is 16.4. The maximum Gasteiger partial charge on any atom is 0.328 e. The molecule has 11 N–H and O–H groups in total. The van der Waals surface area contributed by atoms with Crippen molar-refractivity contribution in [3.63, 3.8) is 0 Å². The Morgan fingerprint density at radius 2 is 1.14 bits per heavy atom. The first-order valence-electron chi connectivity index (χ1n) is 13.6. The van der Waals surface area contributed by atoms with Crippen molar-refractivity contribution >= 4 is 41.5 Å². The van der Waals surface area contributed by atoms with Gasteiger partial charge < -0.3 is 52.7 Å². The second-order valence-electron chi connectivity index (χ2n) is 10.2. The Morgan fingerprint density at radius 1 is 0.659 bits per heavy atom. The minimum absolute atomic E-state index is 0.0553. The predicted octanol–water partition coefficient (Wildman–Crippen LogP) is -3.66. The molecule has 0 spiro atoms. The lowest BCUT2D eigenvalue weighted by atomic mass is 10.0. The van der Waals surface area contributed by atoms with E-state index in [4.69, 9.17) is 10.8 Å². The van der Waals surface area contributed by atoms with Gasteiger partial charge in [0.2, 0.25) is 29.5 Å². The first-order chi connectivity index (χ1) is 20.4. The number of aliphatic carboxylic acids is 2. The first-order valence-corrected chi connectivity index (χ1v) is 13.6. The summed E-state index contributed by atoms with van der Waals surface area (Å²) < 4.78 is 0.